The van der Waals surface area contributed by atoms with Crippen LogP contribution in [-0.4, -0.2) is 7.11 Å². The quantitative estimate of drug-likeness (QED) is 0.744. The molecule has 0 aliphatic rings. The van der Waals surface area contributed by atoms with Crippen molar-refractivity contribution in [3.05, 3.63) is 50.7 Å². The highest BCUT2D eigenvalue weighted by Crippen LogP contribution is 2.39. The minimum atomic E-state index is -0.471. The molecule has 0 bridgehead atoms. The molecule has 1 atom stereocenters. The van der Waals surface area contributed by atoms with E-state index in [1.165, 1.54) is 6.07 Å². The van der Waals surface area contributed by atoms with Crippen molar-refractivity contribution in [2.75, 3.05) is 7.11 Å². The van der Waals surface area contributed by atoms with Gasteiger partial charge in [-0.1, -0.05) is 6.07 Å². The van der Waals surface area contributed by atoms with E-state index in [1.54, 1.807) is 38.3 Å². The van der Waals surface area contributed by atoms with Gasteiger partial charge in [0.05, 0.1) is 16.1 Å². The molecule has 0 aromatic heterocycles. The van der Waals surface area contributed by atoms with E-state index in [0.29, 0.717) is 27.3 Å². The first-order valence-electron chi connectivity index (χ1n) is 6.19. The molecule has 2 rings (SSSR count). The van der Waals surface area contributed by atoms with E-state index in [4.69, 9.17) is 15.2 Å². The predicted octanol–water partition coefficient (Wildman–Crippen LogP) is 5.17. The van der Waals surface area contributed by atoms with Crippen molar-refractivity contribution in [1.82, 2.24) is 0 Å². The third kappa shape index (κ3) is 3.56. The molecule has 0 saturated carbocycles. The lowest BCUT2D eigenvalue weighted by Gasteiger charge is -2.16. The van der Waals surface area contributed by atoms with Crippen LogP contribution in [-0.2, 0) is 0 Å². The van der Waals surface area contributed by atoms with Crippen LogP contribution in [0.4, 0.5) is 4.39 Å². The maximum Gasteiger partial charge on any atom is 0.143 e. The van der Waals surface area contributed by atoms with Crippen LogP contribution in [0.25, 0.3) is 0 Å². The lowest BCUT2D eigenvalue weighted by atomic mass is 10.1. The molecule has 6 heteroatoms. The number of hydrogen-bond donors (Lipinski definition) is 1. The fourth-order valence-corrected chi connectivity index (χ4v) is 2.80. The van der Waals surface area contributed by atoms with Crippen molar-refractivity contribution in [1.29, 1.82) is 0 Å². The molecular formula is C15H14Br2FNO2. The normalized spacial score (nSPS) is 12.1. The summed E-state index contributed by atoms with van der Waals surface area (Å²) in [7, 11) is 1.58. The summed E-state index contributed by atoms with van der Waals surface area (Å²) in [5, 5.41) is 0. The highest BCUT2D eigenvalue weighted by molar-refractivity contribution is 9.11. The van der Waals surface area contributed by atoms with Crippen LogP contribution >= 0.6 is 31.9 Å². The first kappa shape index (κ1) is 16.3. The van der Waals surface area contributed by atoms with Gasteiger partial charge in [-0.3, -0.25) is 0 Å². The molecule has 0 aliphatic carbocycles. The molecule has 0 aliphatic heterocycles. The summed E-state index contributed by atoms with van der Waals surface area (Å²) in [6.45, 7) is 1.71. The summed E-state index contributed by atoms with van der Waals surface area (Å²) >= 11 is 6.80. The Morgan fingerprint density at radius 3 is 2.33 bits per heavy atom. The van der Waals surface area contributed by atoms with Crippen LogP contribution in [0, 0.1) is 5.82 Å². The van der Waals surface area contributed by atoms with Gasteiger partial charge < -0.3 is 15.2 Å². The minimum Gasteiger partial charge on any atom is -0.496 e. The second-order valence-electron chi connectivity index (χ2n) is 4.46. The average Bonchev–Trinajstić information content (AvgIpc) is 2.42. The van der Waals surface area contributed by atoms with E-state index in [-0.39, 0.29) is 5.82 Å². The van der Waals surface area contributed by atoms with Gasteiger partial charge in [-0.05, 0) is 63.0 Å². The molecular weight excluding hydrogens is 405 g/mol. The van der Waals surface area contributed by atoms with Gasteiger partial charge in [0.1, 0.15) is 23.1 Å². The van der Waals surface area contributed by atoms with Gasteiger partial charge in [0, 0.05) is 11.6 Å². The van der Waals surface area contributed by atoms with E-state index in [2.05, 4.69) is 31.9 Å². The molecule has 2 N–H and O–H groups in total. The number of rotatable bonds is 4. The number of benzene rings is 2. The van der Waals surface area contributed by atoms with Crippen LogP contribution < -0.4 is 15.2 Å². The summed E-state index contributed by atoms with van der Waals surface area (Å²) in [5.41, 5.74) is 6.17. The second-order valence-corrected chi connectivity index (χ2v) is 6.17. The van der Waals surface area contributed by atoms with Gasteiger partial charge in [-0.25, -0.2) is 4.39 Å². The molecule has 0 saturated heterocycles. The van der Waals surface area contributed by atoms with Gasteiger partial charge in [0.2, 0.25) is 0 Å². The molecule has 3 nitrogen and oxygen atoms in total. The topological polar surface area (TPSA) is 44.5 Å². The zero-order valence-corrected chi connectivity index (χ0v) is 14.7. The van der Waals surface area contributed by atoms with E-state index in [1.807, 2.05) is 0 Å². The Balaban J connectivity index is 2.44. The van der Waals surface area contributed by atoms with E-state index < -0.39 is 6.04 Å². The van der Waals surface area contributed by atoms with Gasteiger partial charge in [0.25, 0.3) is 0 Å². The molecule has 0 amide bonds. The zero-order chi connectivity index (χ0) is 15.6. The number of methoxy groups -OCH3 is 1. The lowest BCUT2D eigenvalue weighted by molar-refractivity contribution is 0.408. The minimum absolute atomic E-state index is 0.344. The molecule has 1 unspecified atom stereocenters. The van der Waals surface area contributed by atoms with Crippen molar-refractivity contribution in [2.45, 2.75) is 13.0 Å². The zero-order valence-electron chi connectivity index (χ0n) is 11.5. The van der Waals surface area contributed by atoms with Crippen LogP contribution in [0.5, 0.6) is 17.2 Å². The van der Waals surface area contributed by atoms with Crippen molar-refractivity contribution >= 4 is 31.9 Å². The molecule has 21 heavy (non-hydrogen) atoms. The Kier molecular flexibility index (Phi) is 5.24. The Labute approximate surface area is 139 Å². The van der Waals surface area contributed by atoms with Crippen molar-refractivity contribution in [2.24, 2.45) is 5.73 Å². The molecule has 0 heterocycles. The SMILES string of the molecule is COc1cc(Br)c(Oc2cccc(F)c2C(C)N)cc1Br. The second kappa shape index (κ2) is 6.77. The third-order valence-electron chi connectivity index (χ3n) is 2.89. The van der Waals surface area contributed by atoms with E-state index >= 15 is 0 Å². The Morgan fingerprint density at radius 1 is 1.10 bits per heavy atom. The van der Waals surface area contributed by atoms with Crippen molar-refractivity contribution in [3.8, 4) is 17.2 Å². The van der Waals surface area contributed by atoms with Gasteiger partial charge >= 0.3 is 0 Å². The summed E-state index contributed by atoms with van der Waals surface area (Å²) in [6.07, 6.45) is 0. The Morgan fingerprint density at radius 2 is 1.71 bits per heavy atom. The fourth-order valence-electron chi connectivity index (χ4n) is 1.91. The summed E-state index contributed by atoms with van der Waals surface area (Å²) in [4.78, 5) is 0. The van der Waals surface area contributed by atoms with Gasteiger partial charge in [-0.2, -0.15) is 0 Å². The van der Waals surface area contributed by atoms with Crippen LogP contribution in [0.3, 0.4) is 0 Å². The highest BCUT2D eigenvalue weighted by atomic mass is 79.9. The summed E-state index contributed by atoms with van der Waals surface area (Å²) < 4.78 is 26.3. The van der Waals surface area contributed by atoms with E-state index in [9.17, 15) is 4.39 Å². The Bertz CT molecular complexity index is 662. The number of ether oxygens (including phenoxy) is 2. The first-order valence-corrected chi connectivity index (χ1v) is 7.77. The smallest absolute Gasteiger partial charge is 0.143 e. The highest BCUT2D eigenvalue weighted by Gasteiger charge is 2.16. The van der Waals surface area contributed by atoms with Crippen molar-refractivity contribution < 1.29 is 13.9 Å². The maximum absolute atomic E-state index is 13.9. The molecule has 0 radical (unpaired) electrons. The van der Waals surface area contributed by atoms with E-state index in [0.717, 1.165) is 4.47 Å². The van der Waals surface area contributed by atoms with Crippen LogP contribution in [0.2, 0.25) is 0 Å². The lowest BCUT2D eigenvalue weighted by Crippen LogP contribution is -2.09. The molecule has 2 aromatic carbocycles. The molecule has 2 aromatic rings. The van der Waals surface area contributed by atoms with Gasteiger partial charge in [-0.15, -0.1) is 0 Å². The van der Waals surface area contributed by atoms with Gasteiger partial charge in [0.15, 0.2) is 0 Å². The fraction of sp³-hybridized carbons (Fsp3) is 0.200. The summed E-state index contributed by atoms with van der Waals surface area (Å²) in [5.74, 6) is 1.21. The Hall–Kier alpha value is -1.11. The largest absolute Gasteiger partial charge is 0.496 e. The van der Waals surface area contributed by atoms with Crippen LogP contribution in [0.15, 0.2) is 39.3 Å². The van der Waals surface area contributed by atoms with Crippen molar-refractivity contribution in [3.63, 3.8) is 0 Å². The molecule has 0 fully saturated rings. The molecule has 112 valence electrons. The standard InChI is InChI=1S/C15H14Br2FNO2/c1-8(19)15-11(18)4-3-5-12(15)21-14-7-9(16)13(20-2)6-10(14)17/h3-8H,19H2,1-2H3. The number of halogens is 3. The first-order chi connectivity index (χ1) is 9.93. The maximum atomic E-state index is 13.9. The molecule has 0 spiro atoms. The monoisotopic (exact) mass is 417 g/mol. The predicted molar refractivity (Wildman–Crippen MR) is 87.5 cm³/mol. The van der Waals surface area contributed by atoms with Crippen LogP contribution in [0.1, 0.15) is 18.5 Å². The number of nitrogens with two attached hydrogens (primary N) is 1. The summed E-state index contributed by atoms with van der Waals surface area (Å²) in [6, 6.07) is 7.69. The average molecular weight is 419 g/mol. The third-order valence-corrected chi connectivity index (χ3v) is 4.13. The number of hydrogen-bond acceptors (Lipinski definition) is 3.